The van der Waals surface area contributed by atoms with Crippen LogP contribution >= 0.6 is 11.3 Å². The molecule has 0 radical (unpaired) electrons. The number of amides is 1. The Labute approximate surface area is 82.4 Å². The maximum Gasteiger partial charge on any atom is 0.265 e. The van der Waals surface area contributed by atoms with Crippen LogP contribution in [0.1, 0.15) is 27.3 Å². The van der Waals surface area contributed by atoms with E-state index in [4.69, 9.17) is 0 Å². The third-order valence-electron chi connectivity index (χ3n) is 1.74. The van der Waals surface area contributed by atoms with Crippen molar-refractivity contribution in [2.24, 2.45) is 0 Å². The Kier molecular flexibility index (Phi) is 3.03. The van der Waals surface area contributed by atoms with E-state index in [1.165, 1.54) is 11.3 Å². The van der Waals surface area contributed by atoms with Gasteiger partial charge in [0.05, 0.1) is 10.7 Å². The zero-order valence-corrected chi connectivity index (χ0v) is 9.23. The molecule has 0 saturated carbocycles. The number of aromatic nitrogens is 1. The molecule has 1 amide bonds. The molecule has 1 aromatic heterocycles. The van der Waals surface area contributed by atoms with Crippen LogP contribution in [0, 0.1) is 6.92 Å². The number of thiazole rings is 1. The van der Waals surface area contributed by atoms with E-state index in [0.717, 1.165) is 22.0 Å². The Morgan fingerprint density at radius 1 is 1.54 bits per heavy atom. The number of aryl methyl sites for hydroxylation is 2. The van der Waals surface area contributed by atoms with Gasteiger partial charge in [-0.05, 0) is 13.3 Å². The molecule has 0 aliphatic heterocycles. The van der Waals surface area contributed by atoms with Crippen LogP contribution in [0.15, 0.2) is 0 Å². The summed E-state index contributed by atoms with van der Waals surface area (Å²) in [5, 5.41) is 1.03. The molecule has 72 valence electrons. The minimum atomic E-state index is 0.0506. The van der Waals surface area contributed by atoms with Crippen molar-refractivity contribution in [3.05, 3.63) is 15.6 Å². The lowest BCUT2D eigenvalue weighted by atomic mass is 10.3. The van der Waals surface area contributed by atoms with Crippen molar-refractivity contribution in [1.82, 2.24) is 9.88 Å². The van der Waals surface area contributed by atoms with Crippen LogP contribution in [0.25, 0.3) is 0 Å². The number of hydrogen-bond acceptors (Lipinski definition) is 3. The molecule has 0 aliphatic carbocycles. The molecule has 0 fully saturated rings. The molecule has 0 saturated heterocycles. The van der Waals surface area contributed by atoms with Gasteiger partial charge >= 0.3 is 0 Å². The van der Waals surface area contributed by atoms with Crippen molar-refractivity contribution < 1.29 is 4.79 Å². The normalized spacial score (nSPS) is 10.2. The highest BCUT2D eigenvalue weighted by Crippen LogP contribution is 2.19. The number of hydrogen-bond donors (Lipinski definition) is 0. The maximum absolute atomic E-state index is 11.6. The molecular weight excluding hydrogens is 184 g/mol. The third-order valence-corrected chi connectivity index (χ3v) is 3.03. The SMILES string of the molecule is CCc1nc(C)c(C(=O)N(C)C)s1. The molecule has 1 heterocycles. The van der Waals surface area contributed by atoms with Gasteiger partial charge in [-0.15, -0.1) is 11.3 Å². The van der Waals surface area contributed by atoms with Crippen LogP contribution in [0.2, 0.25) is 0 Å². The lowest BCUT2D eigenvalue weighted by molar-refractivity contribution is 0.0831. The Morgan fingerprint density at radius 3 is 2.54 bits per heavy atom. The van der Waals surface area contributed by atoms with E-state index in [9.17, 15) is 4.79 Å². The molecule has 0 aromatic carbocycles. The monoisotopic (exact) mass is 198 g/mol. The first-order valence-corrected chi connectivity index (χ1v) is 5.05. The fourth-order valence-corrected chi connectivity index (χ4v) is 2.03. The highest BCUT2D eigenvalue weighted by Gasteiger charge is 2.15. The first-order valence-electron chi connectivity index (χ1n) is 4.24. The minimum Gasteiger partial charge on any atom is -0.344 e. The van der Waals surface area contributed by atoms with Gasteiger partial charge in [0.2, 0.25) is 0 Å². The second kappa shape index (κ2) is 3.87. The Hall–Kier alpha value is -0.900. The predicted octanol–water partition coefficient (Wildman–Crippen LogP) is 1.72. The molecule has 0 unspecified atom stereocenters. The van der Waals surface area contributed by atoms with Crippen molar-refractivity contribution in [3.63, 3.8) is 0 Å². The van der Waals surface area contributed by atoms with E-state index in [-0.39, 0.29) is 5.91 Å². The Bertz CT molecular complexity index is 317. The van der Waals surface area contributed by atoms with E-state index in [1.807, 2.05) is 13.8 Å². The maximum atomic E-state index is 11.6. The van der Waals surface area contributed by atoms with Crippen molar-refractivity contribution in [3.8, 4) is 0 Å². The van der Waals surface area contributed by atoms with E-state index in [2.05, 4.69) is 4.98 Å². The van der Waals surface area contributed by atoms with Gasteiger partial charge in [-0.3, -0.25) is 4.79 Å². The standard InChI is InChI=1S/C9H14N2OS/c1-5-7-10-6(2)8(13-7)9(12)11(3)4/h5H2,1-4H3. The van der Waals surface area contributed by atoms with Gasteiger partial charge in [0.25, 0.3) is 5.91 Å². The average Bonchev–Trinajstić information content (AvgIpc) is 2.45. The molecule has 3 nitrogen and oxygen atoms in total. The second-order valence-corrected chi connectivity index (χ2v) is 4.16. The van der Waals surface area contributed by atoms with Crippen molar-refractivity contribution in [1.29, 1.82) is 0 Å². The van der Waals surface area contributed by atoms with Crippen LogP contribution in [-0.2, 0) is 6.42 Å². The summed E-state index contributed by atoms with van der Waals surface area (Å²) in [5.74, 6) is 0.0506. The molecule has 1 aromatic rings. The van der Waals surface area contributed by atoms with Crippen molar-refractivity contribution >= 4 is 17.2 Å². The molecule has 0 bridgehead atoms. The first-order chi connectivity index (χ1) is 6.06. The molecule has 13 heavy (non-hydrogen) atoms. The topological polar surface area (TPSA) is 33.2 Å². The van der Waals surface area contributed by atoms with Crippen LogP contribution in [-0.4, -0.2) is 29.9 Å². The minimum absolute atomic E-state index is 0.0506. The van der Waals surface area contributed by atoms with Crippen LogP contribution in [0.5, 0.6) is 0 Å². The van der Waals surface area contributed by atoms with Crippen LogP contribution in [0.3, 0.4) is 0 Å². The molecule has 4 heteroatoms. The number of carbonyl (C=O) groups is 1. The highest BCUT2D eigenvalue weighted by atomic mass is 32.1. The van der Waals surface area contributed by atoms with Crippen molar-refractivity contribution in [2.45, 2.75) is 20.3 Å². The molecule has 0 atom stereocenters. The van der Waals surface area contributed by atoms with E-state index in [1.54, 1.807) is 19.0 Å². The van der Waals surface area contributed by atoms with E-state index < -0.39 is 0 Å². The largest absolute Gasteiger partial charge is 0.344 e. The fraction of sp³-hybridized carbons (Fsp3) is 0.556. The number of nitrogens with zero attached hydrogens (tertiary/aromatic N) is 2. The van der Waals surface area contributed by atoms with Gasteiger partial charge in [-0.25, -0.2) is 4.98 Å². The van der Waals surface area contributed by atoms with E-state index in [0.29, 0.717) is 0 Å². The van der Waals surface area contributed by atoms with Crippen LogP contribution < -0.4 is 0 Å². The summed E-state index contributed by atoms with van der Waals surface area (Å²) in [6.45, 7) is 3.93. The average molecular weight is 198 g/mol. The second-order valence-electron chi connectivity index (χ2n) is 3.08. The predicted molar refractivity (Wildman–Crippen MR) is 54.2 cm³/mol. The Morgan fingerprint density at radius 2 is 2.15 bits per heavy atom. The Balaban J connectivity index is 3.00. The van der Waals surface area contributed by atoms with Crippen LogP contribution in [0.4, 0.5) is 0 Å². The van der Waals surface area contributed by atoms with Gasteiger partial charge in [0, 0.05) is 14.1 Å². The van der Waals surface area contributed by atoms with Gasteiger partial charge in [-0.2, -0.15) is 0 Å². The van der Waals surface area contributed by atoms with Gasteiger partial charge in [0.1, 0.15) is 4.88 Å². The zero-order chi connectivity index (χ0) is 10.0. The molecule has 1 rings (SSSR count). The summed E-state index contributed by atoms with van der Waals surface area (Å²) in [5.41, 5.74) is 0.848. The lowest BCUT2D eigenvalue weighted by Gasteiger charge is -2.07. The van der Waals surface area contributed by atoms with Crippen molar-refractivity contribution in [2.75, 3.05) is 14.1 Å². The summed E-state index contributed by atoms with van der Waals surface area (Å²) in [6.07, 6.45) is 0.895. The lowest BCUT2D eigenvalue weighted by Crippen LogP contribution is -2.21. The number of carbonyl (C=O) groups excluding carboxylic acids is 1. The molecule has 0 N–H and O–H groups in total. The summed E-state index contributed by atoms with van der Waals surface area (Å²) in [6, 6.07) is 0. The molecule has 0 aliphatic rings. The summed E-state index contributed by atoms with van der Waals surface area (Å²) in [4.78, 5) is 18.2. The van der Waals surface area contributed by atoms with E-state index >= 15 is 0 Å². The smallest absolute Gasteiger partial charge is 0.265 e. The van der Waals surface area contributed by atoms with Gasteiger partial charge < -0.3 is 4.90 Å². The molecule has 0 spiro atoms. The fourth-order valence-electron chi connectivity index (χ4n) is 1.01. The first kappa shape index (κ1) is 10.2. The summed E-state index contributed by atoms with van der Waals surface area (Å²) >= 11 is 1.49. The zero-order valence-electron chi connectivity index (χ0n) is 8.42. The van der Waals surface area contributed by atoms with Gasteiger partial charge in [-0.1, -0.05) is 6.92 Å². The highest BCUT2D eigenvalue weighted by molar-refractivity contribution is 7.13. The number of rotatable bonds is 2. The summed E-state index contributed by atoms with van der Waals surface area (Å²) in [7, 11) is 3.51. The van der Waals surface area contributed by atoms with Gasteiger partial charge in [0.15, 0.2) is 0 Å². The summed E-state index contributed by atoms with van der Waals surface area (Å²) < 4.78 is 0. The third kappa shape index (κ3) is 2.06. The quantitative estimate of drug-likeness (QED) is 0.725. The molecular formula is C9H14N2OS.